The summed E-state index contributed by atoms with van der Waals surface area (Å²) in [5.74, 6) is 0. The highest BCUT2D eigenvalue weighted by molar-refractivity contribution is 7.15. The Morgan fingerprint density at radius 1 is 1.25 bits per heavy atom. The summed E-state index contributed by atoms with van der Waals surface area (Å²) >= 11 is 0.801. The zero-order valence-electron chi connectivity index (χ0n) is 10.8. The standard InChI is InChI=1S/C13H13F3N2OS/c1-7-3-8(5-9(17)4-7)10-6-18-11(20-10)12(2,19)13(14,15)16/h3-6,19H,17H2,1-2H3. The van der Waals surface area contributed by atoms with Crippen molar-refractivity contribution in [1.29, 1.82) is 0 Å². The largest absolute Gasteiger partial charge is 0.423 e. The molecule has 1 atom stereocenters. The minimum absolute atomic E-state index is 0.389. The Labute approximate surface area is 117 Å². The van der Waals surface area contributed by atoms with Gasteiger partial charge in [0.05, 0.1) is 4.88 Å². The van der Waals surface area contributed by atoms with Crippen LogP contribution in [0.3, 0.4) is 0 Å². The van der Waals surface area contributed by atoms with Crippen LogP contribution in [0.1, 0.15) is 17.5 Å². The predicted molar refractivity (Wildman–Crippen MR) is 72.3 cm³/mol. The first-order valence-electron chi connectivity index (χ1n) is 5.74. The third kappa shape index (κ3) is 2.64. The number of nitrogens with zero attached hydrogens (tertiary/aromatic N) is 1. The summed E-state index contributed by atoms with van der Waals surface area (Å²) in [6.07, 6.45) is -3.46. The fourth-order valence-corrected chi connectivity index (χ4v) is 2.68. The molecule has 3 N–H and O–H groups in total. The molecule has 0 saturated carbocycles. The number of alkyl halides is 3. The molecule has 2 rings (SSSR count). The normalized spacial score (nSPS) is 15.1. The van der Waals surface area contributed by atoms with Crippen LogP contribution in [0, 0.1) is 6.92 Å². The van der Waals surface area contributed by atoms with Crippen molar-refractivity contribution in [2.45, 2.75) is 25.6 Å². The minimum atomic E-state index is -4.77. The predicted octanol–water partition coefficient (Wildman–Crippen LogP) is 3.47. The van der Waals surface area contributed by atoms with E-state index in [9.17, 15) is 18.3 Å². The fraction of sp³-hybridized carbons (Fsp3) is 0.308. The number of nitrogens with two attached hydrogens (primary N) is 1. The van der Waals surface area contributed by atoms with Crippen LogP contribution in [0.5, 0.6) is 0 Å². The van der Waals surface area contributed by atoms with Gasteiger partial charge in [-0.2, -0.15) is 13.2 Å². The molecule has 0 aliphatic heterocycles. The van der Waals surface area contributed by atoms with Gasteiger partial charge in [-0.25, -0.2) is 4.98 Å². The molecule has 3 nitrogen and oxygen atoms in total. The van der Waals surface area contributed by atoms with Crippen LogP contribution in [-0.2, 0) is 5.60 Å². The summed E-state index contributed by atoms with van der Waals surface area (Å²) < 4.78 is 38.3. The zero-order chi connectivity index (χ0) is 15.1. The number of aryl methyl sites for hydroxylation is 1. The number of rotatable bonds is 2. The molecule has 2 aromatic rings. The van der Waals surface area contributed by atoms with E-state index in [4.69, 9.17) is 5.73 Å². The Morgan fingerprint density at radius 3 is 2.45 bits per heavy atom. The van der Waals surface area contributed by atoms with Crippen molar-refractivity contribution in [2.24, 2.45) is 0 Å². The van der Waals surface area contributed by atoms with Crippen molar-refractivity contribution in [1.82, 2.24) is 4.98 Å². The highest BCUT2D eigenvalue weighted by atomic mass is 32.1. The summed E-state index contributed by atoms with van der Waals surface area (Å²) in [4.78, 5) is 4.23. The number of thiazole rings is 1. The number of anilines is 1. The second-order valence-corrected chi connectivity index (χ2v) is 5.76. The summed E-state index contributed by atoms with van der Waals surface area (Å²) in [6, 6.07) is 5.22. The molecule has 20 heavy (non-hydrogen) atoms. The van der Waals surface area contributed by atoms with Crippen molar-refractivity contribution in [3.05, 3.63) is 35.0 Å². The van der Waals surface area contributed by atoms with Gasteiger partial charge in [-0.15, -0.1) is 11.3 Å². The van der Waals surface area contributed by atoms with Crippen molar-refractivity contribution in [2.75, 3.05) is 5.73 Å². The number of nitrogen functional groups attached to an aromatic ring is 1. The van der Waals surface area contributed by atoms with Gasteiger partial charge in [0, 0.05) is 11.9 Å². The zero-order valence-corrected chi connectivity index (χ0v) is 11.6. The van der Waals surface area contributed by atoms with E-state index in [-0.39, 0.29) is 5.01 Å². The number of hydrogen-bond acceptors (Lipinski definition) is 4. The van der Waals surface area contributed by atoms with Crippen LogP contribution < -0.4 is 5.73 Å². The molecule has 1 aromatic carbocycles. The second kappa shape index (κ2) is 4.75. The van der Waals surface area contributed by atoms with Gasteiger partial charge in [-0.3, -0.25) is 0 Å². The van der Waals surface area contributed by atoms with Gasteiger partial charge >= 0.3 is 6.18 Å². The highest BCUT2D eigenvalue weighted by Gasteiger charge is 2.53. The lowest BCUT2D eigenvalue weighted by atomic mass is 10.1. The first-order chi connectivity index (χ1) is 9.11. The molecule has 0 fully saturated rings. The van der Waals surface area contributed by atoms with E-state index in [2.05, 4.69) is 4.98 Å². The molecule has 0 spiro atoms. The molecule has 0 radical (unpaired) electrons. The van der Waals surface area contributed by atoms with E-state index in [1.165, 1.54) is 6.20 Å². The molecule has 7 heteroatoms. The molecule has 0 amide bonds. The first kappa shape index (κ1) is 14.8. The third-order valence-electron chi connectivity index (χ3n) is 2.86. The van der Waals surface area contributed by atoms with E-state index < -0.39 is 11.8 Å². The SMILES string of the molecule is Cc1cc(N)cc(-c2cnc(C(C)(O)C(F)(F)F)s2)c1. The molecule has 1 unspecified atom stereocenters. The molecule has 0 aliphatic carbocycles. The number of aromatic nitrogens is 1. The molecular formula is C13H13F3N2OS. The summed E-state index contributed by atoms with van der Waals surface area (Å²) in [5, 5.41) is 9.20. The number of benzene rings is 1. The van der Waals surface area contributed by atoms with Crippen LogP contribution in [0.25, 0.3) is 10.4 Å². The molecule has 0 bridgehead atoms. The molecule has 0 saturated heterocycles. The Balaban J connectivity index is 2.43. The average molecular weight is 302 g/mol. The van der Waals surface area contributed by atoms with Gasteiger partial charge in [-0.05, 0) is 37.1 Å². The van der Waals surface area contributed by atoms with Crippen molar-refractivity contribution >= 4 is 17.0 Å². The quantitative estimate of drug-likeness (QED) is 0.835. The summed E-state index contributed by atoms with van der Waals surface area (Å²) in [5.41, 5.74) is 4.87. The third-order valence-corrected chi connectivity index (χ3v) is 4.12. The summed E-state index contributed by atoms with van der Waals surface area (Å²) in [7, 11) is 0. The highest BCUT2D eigenvalue weighted by Crippen LogP contribution is 2.42. The fourth-order valence-electron chi connectivity index (χ4n) is 1.71. The number of halogens is 3. The van der Waals surface area contributed by atoms with Crippen LogP contribution in [0.15, 0.2) is 24.4 Å². The topological polar surface area (TPSA) is 59.1 Å². The second-order valence-electron chi connectivity index (χ2n) is 4.73. The minimum Gasteiger partial charge on any atom is -0.399 e. The van der Waals surface area contributed by atoms with Gasteiger partial charge in [0.15, 0.2) is 0 Å². The molecular weight excluding hydrogens is 289 g/mol. The van der Waals surface area contributed by atoms with Gasteiger partial charge in [-0.1, -0.05) is 6.07 Å². The van der Waals surface area contributed by atoms with Crippen LogP contribution in [0.4, 0.5) is 18.9 Å². The van der Waals surface area contributed by atoms with Gasteiger partial charge in [0.1, 0.15) is 5.01 Å². The molecule has 1 heterocycles. The first-order valence-corrected chi connectivity index (χ1v) is 6.56. The molecule has 0 aliphatic rings. The van der Waals surface area contributed by atoms with Gasteiger partial charge in [0.2, 0.25) is 5.60 Å². The van der Waals surface area contributed by atoms with E-state index in [0.717, 1.165) is 16.9 Å². The maximum absolute atomic E-state index is 12.8. The number of hydrogen-bond donors (Lipinski definition) is 2. The Morgan fingerprint density at radius 2 is 1.90 bits per heavy atom. The lowest BCUT2D eigenvalue weighted by molar-refractivity contribution is -0.258. The average Bonchev–Trinajstić information content (AvgIpc) is 2.75. The Bertz CT molecular complexity index is 615. The van der Waals surface area contributed by atoms with Crippen molar-refractivity contribution < 1.29 is 18.3 Å². The number of aliphatic hydroxyl groups is 1. The smallest absolute Gasteiger partial charge is 0.399 e. The lowest BCUT2D eigenvalue weighted by Gasteiger charge is -2.23. The van der Waals surface area contributed by atoms with E-state index in [0.29, 0.717) is 23.1 Å². The van der Waals surface area contributed by atoms with Crippen molar-refractivity contribution in [3.63, 3.8) is 0 Å². The molecule has 1 aromatic heterocycles. The van der Waals surface area contributed by atoms with Crippen molar-refractivity contribution in [3.8, 4) is 10.4 Å². The van der Waals surface area contributed by atoms with Crippen LogP contribution in [-0.4, -0.2) is 16.3 Å². The maximum Gasteiger partial charge on any atom is 0.423 e. The van der Waals surface area contributed by atoms with Crippen LogP contribution >= 0.6 is 11.3 Å². The maximum atomic E-state index is 12.8. The van der Waals surface area contributed by atoms with E-state index in [1.54, 1.807) is 18.2 Å². The van der Waals surface area contributed by atoms with Gasteiger partial charge < -0.3 is 10.8 Å². The summed E-state index contributed by atoms with van der Waals surface area (Å²) in [6.45, 7) is 2.54. The monoisotopic (exact) mass is 302 g/mol. The van der Waals surface area contributed by atoms with Crippen LogP contribution in [0.2, 0.25) is 0 Å². The molecule has 108 valence electrons. The lowest BCUT2D eigenvalue weighted by Crippen LogP contribution is -2.39. The Hall–Kier alpha value is -1.60. The van der Waals surface area contributed by atoms with Gasteiger partial charge in [0.25, 0.3) is 0 Å². The van der Waals surface area contributed by atoms with E-state index in [1.807, 2.05) is 6.92 Å². The Kier molecular flexibility index (Phi) is 3.51. The van der Waals surface area contributed by atoms with E-state index >= 15 is 0 Å².